The van der Waals surface area contributed by atoms with E-state index in [-0.39, 0.29) is 6.09 Å². The van der Waals surface area contributed by atoms with Gasteiger partial charge in [0.15, 0.2) is 0 Å². The van der Waals surface area contributed by atoms with E-state index in [1.807, 2.05) is 11.8 Å². The van der Waals surface area contributed by atoms with Gasteiger partial charge in [0, 0.05) is 37.4 Å². The fourth-order valence-electron chi connectivity index (χ4n) is 4.28. The molecule has 1 aromatic carbocycles. The number of nitrogens with one attached hydrogen (secondary N) is 1. The summed E-state index contributed by atoms with van der Waals surface area (Å²) >= 11 is 0. The second-order valence-electron chi connectivity index (χ2n) is 8.17. The Morgan fingerprint density at radius 3 is 2.48 bits per heavy atom. The first kappa shape index (κ1) is 20.0. The standard InChI is InChI=1S/C22H35N3O2/c1-4-27-22(26)24-14-11-21(12-15-24)25-13-5-6-20(16-25)23-19-9-7-18(8-10-19)17(2)3/h7-10,17,20-21,23H,4-6,11-16H2,1-3H3/t20-/m0/s1. The van der Waals surface area contributed by atoms with Crippen LogP contribution in [0.1, 0.15) is 57.9 Å². The molecule has 0 unspecified atom stereocenters. The van der Waals surface area contributed by atoms with Gasteiger partial charge in [-0.1, -0.05) is 26.0 Å². The van der Waals surface area contributed by atoms with Gasteiger partial charge in [0.2, 0.25) is 0 Å². The van der Waals surface area contributed by atoms with E-state index in [9.17, 15) is 4.79 Å². The van der Waals surface area contributed by atoms with Gasteiger partial charge in [0.05, 0.1) is 6.61 Å². The fraction of sp³-hybridized carbons (Fsp3) is 0.682. The molecule has 2 fully saturated rings. The van der Waals surface area contributed by atoms with E-state index in [2.05, 4.69) is 48.3 Å². The van der Waals surface area contributed by atoms with Crippen LogP contribution < -0.4 is 5.32 Å². The van der Waals surface area contributed by atoms with Crippen molar-refractivity contribution in [2.45, 2.75) is 64.5 Å². The van der Waals surface area contributed by atoms with E-state index >= 15 is 0 Å². The second-order valence-corrected chi connectivity index (χ2v) is 8.17. The van der Waals surface area contributed by atoms with Crippen LogP contribution in [0.15, 0.2) is 24.3 Å². The van der Waals surface area contributed by atoms with Crippen molar-refractivity contribution in [3.8, 4) is 0 Å². The Morgan fingerprint density at radius 2 is 1.85 bits per heavy atom. The smallest absolute Gasteiger partial charge is 0.409 e. The minimum atomic E-state index is -0.154. The lowest BCUT2D eigenvalue weighted by Crippen LogP contribution is -2.51. The van der Waals surface area contributed by atoms with E-state index in [0.717, 1.165) is 32.5 Å². The molecule has 27 heavy (non-hydrogen) atoms. The zero-order valence-electron chi connectivity index (χ0n) is 17.1. The molecule has 2 saturated heterocycles. The van der Waals surface area contributed by atoms with Gasteiger partial charge in [0.1, 0.15) is 0 Å². The Kier molecular flexibility index (Phi) is 7.00. The Morgan fingerprint density at radius 1 is 1.15 bits per heavy atom. The van der Waals surface area contributed by atoms with E-state index in [0.29, 0.717) is 24.6 Å². The first-order valence-electron chi connectivity index (χ1n) is 10.6. The zero-order chi connectivity index (χ0) is 19.2. The quantitative estimate of drug-likeness (QED) is 0.835. The SMILES string of the molecule is CCOC(=O)N1CCC(N2CCC[C@H](Nc3ccc(C(C)C)cc3)C2)CC1. The molecule has 0 aliphatic carbocycles. The highest BCUT2D eigenvalue weighted by Gasteiger charge is 2.30. The summed E-state index contributed by atoms with van der Waals surface area (Å²) in [6, 6.07) is 9.99. The maximum Gasteiger partial charge on any atom is 0.409 e. The summed E-state index contributed by atoms with van der Waals surface area (Å²) in [7, 11) is 0. The lowest BCUT2D eigenvalue weighted by Gasteiger charge is -2.42. The number of piperidine rings is 2. The number of nitrogens with zero attached hydrogens (tertiary/aromatic N) is 2. The van der Waals surface area contributed by atoms with Gasteiger partial charge in [-0.05, 0) is 62.8 Å². The van der Waals surface area contributed by atoms with Crippen LogP contribution in [0.2, 0.25) is 0 Å². The van der Waals surface area contributed by atoms with Crippen molar-refractivity contribution >= 4 is 11.8 Å². The van der Waals surface area contributed by atoms with Crippen LogP contribution >= 0.6 is 0 Å². The normalized spacial score (nSPS) is 22.1. The third-order valence-corrected chi connectivity index (χ3v) is 5.91. The van der Waals surface area contributed by atoms with Gasteiger partial charge in [-0.2, -0.15) is 0 Å². The third-order valence-electron chi connectivity index (χ3n) is 5.91. The van der Waals surface area contributed by atoms with Crippen LogP contribution in [0.5, 0.6) is 0 Å². The average Bonchev–Trinajstić information content (AvgIpc) is 2.69. The number of rotatable bonds is 5. The van der Waals surface area contributed by atoms with Gasteiger partial charge in [0.25, 0.3) is 0 Å². The van der Waals surface area contributed by atoms with Gasteiger partial charge < -0.3 is 15.0 Å². The molecule has 0 bridgehead atoms. The van der Waals surface area contributed by atoms with E-state index in [4.69, 9.17) is 4.74 Å². The minimum absolute atomic E-state index is 0.154. The molecule has 1 amide bonds. The molecule has 2 heterocycles. The number of carbonyl (C=O) groups excluding carboxylic acids is 1. The Labute approximate surface area is 164 Å². The summed E-state index contributed by atoms with van der Waals surface area (Å²) in [6.45, 7) is 10.7. The molecule has 1 atom stereocenters. The van der Waals surface area contributed by atoms with Crippen LogP contribution in [-0.2, 0) is 4.74 Å². The van der Waals surface area contributed by atoms with Crippen LogP contribution in [0, 0.1) is 0 Å². The molecule has 2 aliphatic rings. The van der Waals surface area contributed by atoms with Gasteiger partial charge in [-0.25, -0.2) is 4.79 Å². The first-order chi connectivity index (χ1) is 13.1. The number of anilines is 1. The predicted molar refractivity (Wildman–Crippen MR) is 110 cm³/mol. The van der Waals surface area contributed by atoms with Crippen molar-refractivity contribution in [2.24, 2.45) is 0 Å². The van der Waals surface area contributed by atoms with Gasteiger partial charge >= 0.3 is 6.09 Å². The number of hydrogen-bond donors (Lipinski definition) is 1. The largest absolute Gasteiger partial charge is 0.450 e. The molecular formula is C22H35N3O2. The van der Waals surface area contributed by atoms with Crippen molar-refractivity contribution in [2.75, 3.05) is 38.1 Å². The zero-order valence-corrected chi connectivity index (χ0v) is 17.1. The van der Waals surface area contributed by atoms with E-state index in [1.54, 1.807) is 0 Å². The van der Waals surface area contributed by atoms with E-state index in [1.165, 1.54) is 30.6 Å². The van der Waals surface area contributed by atoms with Crippen molar-refractivity contribution < 1.29 is 9.53 Å². The Balaban J connectivity index is 1.49. The minimum Gasteiger partial charge on any atom is -0.450 e. The Hall–Kier alpha value is -1.75. The molecule has 1 aromatic rings. The molecule has 5 heteroatoms. The van der Waals surface area contributed by atoms with Crippen LogP contribution in [0.3, 0.4) is 0 Å². The lowest BCUT2D eigenvalue weighted by atomic mass is 9.97. The highest BCUT2D eigenvalue weighted by atomic mass is 16.6. The molecule has 150 valence electrons. The molecule has 3 rings (SSSR count). The summed E-state index contributed by atoms with van der Waals surface area (Å²) in [5.41, 5.74) is 2.61. The van der Waals surface area contributed by atoms with Gasteiger partial charge in [-0.3, -0.25) is 4.90 Å². The molecular weight excluding hydrogens is 338 g/mol. The number of amides is 1. The lowest BCUT2D eigenvalue weighted by molar-refractivity contribution is 0.0667. The van der Waals surface area contributed by atoms with Crippen LogP contribution in [0.25, 0.3) is 0 Å². The monoisotopic (exact) mass is 373 g/mol. The van der Waals surface area contributed by atoms with Crippen molar-refractivity contribution in [1.29, 1.82) is 0 Å². The molecule has 2 aliphatic heterocycles. The number of benzene rings is 1. The fourth-order valence-corrected chi connectivity index (χ4v) is 4.28. The topological polar surface area (TPSA) is 44.8 Å². The number of likely N-dealkylation sites (tertiary alicyclic amines) is 2. The Bertz CT molecular complexity index is 594. The molecule has 0 spiro atoms. The summed E-state index contributed by atoms with van der Waals surface area (Å²) in [5.74, 6) is 0.574. The number of hydrogen-bond acceptors (Lipinski definition) is 4. The van der Waals surface area contributed by atoms with Crippen molar-refractivity contribution in [1.82, 2.24) is 9.80 Å². The van der Waals surface area contributed by atoms with Crippen molar-refractivity contribution in [3.63, 3.8) is 0 Å². The molecule has 0 saturated carbocycles. The molecule has 5 nitrogen and oxygen atoms in total. The number of ether oxygens (including phenoxy) is 1. The van der Waals surface area contributed by atoms with E-state index < -0.39 is 0 Å². The summed E-state index contributed by atoms with van der Waals surface area (Å²) in [6.07, 6.45) is 4.41. The summed E-state index contributed by atoms with van der Waals surface area (Å²) < 4.78 is 5.13. The molecule has 0 radical (unpaired) electrons. The highest BCUT2D eigenvalue weighted by molar-refractivity contribution is 5.67. The average molecular weight is 374 g/mol. The second kappa shape index (κ2) is 9.45. The molecule has 1 N–H and O–H groups in total. The molecule has 0 aromatic heterocycles. The third kappa shape index (κ3) is 5.38. The van der Waals surface area contributed by atoms with Gasteiger partial charge in [-0.15, -0.1) is 0 Å². The van der Waals surface area contributed by atoms with Crippen LogP contribution in [-0.4, -0.2) is 60.8 Å². The number of carbonyl (C=O) groups is 1. The maximum atomic E-state index is 11.9. The van der Waals surface area contributed by atoms with Crippen LogP contribution in [0.4, 0.5) is 10.5 Å². The highest BCUT2D eigenvalue weighted by Crippen LogP contribution is 2.24. The first-order valence-corrected chi connectivity index (χ1v) is 10.6. The summed E-state index contributed by atoms with van der Waals surface area (Å²) in [5, 5.41) is 3.73. The maximum absolute atomic E-state index is 11.9. The summed E-state index contributed by atoms with van der Waals surface area (Å²) in [4.78, 5) is 16.4. The van der Waals surface area contributed by atoms with Crippen molar-refractivity contribution in [3.05, 3.63) is 29.8 Å². The predicted octanol–water partition coefficient (Wildman–Crippen LogP) is 4.31.